The molecule has 4 rings (SSSR count). The van der Waals surface area contributed by atoms with E-state index in [1.54, 1.807) is 0 Å². The Balaban J connectivity index is 1.50. The van der Waals surface area contributed by atoms with Gasteiger partial charge in [-0.1, -0.05) is 36.4 Å². The number of rotatable bonds is 7. The first-order valence-electron chi connectivity index (χ1n) is 11.0. The number of para-hydroxylation sites is 1. The summed E-state index contributed by atoms with van der Waals surface area (Å²) < 4.78 is 23.0. The minimum absolute atomic E-state index is 0.140. The lowest BCUT2D eigenvalue weighted by Crippen LogP contribution is -2.34. The van der Waals surface area contributed by atoms with Crippen molar-refractivity contribution in [1.82, 2.24) is 4.90 Å². The Morgan fingerprint density at radius 2 is 1.79 bits per heavy atom. The first-order chi connectivity index (χ1) is 15.8. The third kappa shape index (κ3) is 6.00. The number of hydrogen-bond acceptors (Lipinski definition) is 5. The molecule has 0 radical (unpaired) electrons. The van der Waals surface area contributed by atoms with Crippen molar-refractivity contribution in [2.45, 2.75) is 19.9 Å². The average Bonchev–Trinajstić information content (AvgIpc) is 2.79. The van der Waals surface area contributed by atoms with Crippen LogP contribution in [-0.4, -0.2) is 44.3 Å². The van der Waals surface area contributed by atoms with E-state index in [-0.39, 0.29) is 11.7 Å². The van der Waals surface area contributed by atoms with Crippen molar-refractivity contribution in [1.29, 1.82) is 0 Å². The Morgan fingerprint density at radius 1 is 1.00 bits per heavy atom. The highest BCUT2D eigenvalue weighted by Gasteiger charge is 2.20. The van der Waals surface area contributed by atoms with Crippen molar-refractivity contribution in [3.63, 3.8) is 0 Å². The topological polar surface area (TPSA) is 78.5 Å². The molecule has 1 heterocycles. The lowest BCUT2D eigenvalue weighted by molar-refractivity contribution is 0.102. The number of aryl methyl sites for hydroxylation is 1. The van der Waals surface area contributed by atoms with E-state index in [1.165, 1.54) is 17.4 Å². The number of benzene rings is 3. The van der Waals surface area contributed by atoms with E-state index in [4.69, 9.17) is 0 Å². The summed E-state index contributed by atoms with van der Waals surface area (Å²) in [6.45, 7) is 4.03. The fourth-order valence-electron chi connectivity index (χ4n) is 4.09. The monoisotopic (exact) mass is 463 g/mol. The highest BCUT2D eigenvalue weighted by atomic mass is 32.2. The molecule has 172 valence electrons. The van der Waals surface area contributed by atoms with Gasteiger partial charge in [0, 0.05) is 48.5 Å². The maximum atomic E-state index is 12.9. The van der Waals surface area contributed by atoms with Crippen molar-refractivity contribution in [2.24, 2.45) is 0 Å². The van der Waals surface area contributed by atoms with E-state index in [9.17, 15) is 13.2 Å². The largest absolute Gasteiger partial charge is 0.355 e. The number of carbonyl (C=O) groups excluding carboxylic acids is 1. The van der Waals surface area contributed by atoms with Gasteiger partial charge in [0.25, 0.3) is 5.91 Å². The number of amides is 1. The van der Waals surface area contributed by atoms with E-state index in [2.05, 4.69) is 27.7 Å². The second kappa shape index (κ2) is 9.77. The van der Waals surface area contributed by atoms with Crippen LogP contribution < -0.4 is 10.6 Å². The molecule has 0 unspecified atom stereocenters. The number of fused-ring (bicyclic) bond motifs is 1. The third-order valence-electron chi connectivity index (χ3n) is 5.92. The lowest BCUT2D eigenvalue weighted by Gasteiger charge is -2.30. The molecule has 0 bridgehead atoms. The van der Waals surface area contributed by atoms with Crippen LogP contribution in [0.15, 0.2) is 66.7 Å². The van der Waals surface area contributed by atoms with Gasteiger partial charge < -0.3 is 10.6 Å². The molecular formula is C26H29N3O3S. The fourth-order valence-corrected chi connectivity index (χ4v) is 4.68. The molecule has 0 fully saturated rings. The lowest BCUT2D eigenvalue weighted by atomic mass is 9.97. The average molecular weight is 464 g/mol. The van der Waals surface area contributed by atoms with Crippen LogP contribution in [0, 0.1) is 6.92 Å². The van der Waals surface area contributed by atoms with Gasteiger partial charge in [0.1, 0.15) is 9.84 Å². The predicted molar refractivity (Wildman–Crippen MR) is 134 cm³/mol. The van der Waals surface area contributed by atoms with E-state index < -0.39 is 9.84 Å². The van der Waals surface area contributed by atoms with Crippen LogP contribution in [0.1, 0.15) is 27.0 Å². The fraction of sp³-hybridized carbons (Fsp3) is 0.269. The molecule has 3 aromatic carbocycles. The molecule has 7 heteroatoms. The normalized spacial score (nSPS) is 13.9. The van der Waals surface area contributed by atoms with Gasteiger partial charge >= 0.3 is 0 Å². The summed E-state index contributed by atoms with van der Waals surface area (Å²) in [5.41, 5.74) is 6.61. The standard InChI is InChI=1S/C26H29N3O3S/c1-19-11-12-22(17-24(19)26(30)28-21-8-4-3-5-9-21)27-25-10-6-7-20-18-29(14-13-23(20)25)15-16-33(2,31)32/h3-12,17,27H,13-16,18H2,1-2H3,(H,28,30). The van der Waals surface area contributed by atoms with Gasteiger partial charge in [-0.25, -0.2) is 8.42 Å². The highest BCUT2D eigenvalue weighted by molar-refractivity contribution is 7.90. The predicted octanol–water partition coefficient (Wildman–Crippen LogP) is 4.39. The zero-order chi connectivity index (χ0) is 23.4. The van der Waals surface area contributed by atoms with Crippen LogP contribution in [0.5, 0.6) is 0 Å². The maximum Gasteiger partial charge on any atom is 0.256 e. The van der Waals surface area contributed by atoms with Gasteiger partial charge in [-0.15, -0.1) is 0 Å². The van der Waals surface area contributed by atoms with Crippen molar-refractivity contribution < 1.29 is 13.2 Å². The van der Waals surface area contributed by atoms with Crippen LogP contribution in [0.2, 0.25) is 0 Å². The second-order valence-electron chi connectivity index (χ2n) is 8.57. The Hall–Kier alpha value is -3.16. The number of hydrogen-bond donors (Lipinski definition) is 2. The molecular weight excluding hydrogens is 434 g/mol. The number of sulfone groups is 1. The molecule has 2 N–H and O–H groups in total. The number of anilines is 3. The molecule has 3 aromatic rings. The Bertz CT molecular complexity index is 1260. The maximum absolute atomic E-state index is 12.9. The summed E-state index contributed by atoms with van der Waals surface area (Å²) in [6, 6.07) is 21.4. The Kier molecular flexibility index (Phi) is 6.81. The number of carbonyl (C=O) groups is 1. The van der Waals surface area contributed by atoms with Crippen molar-refractivity contribution in [2.75, 3.05) is 35.7 Å². The SMILES string of the molecule is Cc1ccc(Nc2cccc3c2CCN(CCS(C)(=O)=O)C3)cc1C(=O)Nc1ccccc1. The van der Waals surface area contributed by atoms with Gasteiger partial charge in [-0.2, -0.15) is 0 Å². The minimum atomic E-state index is -2.97. The summed E-state index contributed by atoms with van der Waals surface area (Å²) in [4.78, 5) is 15.0. The molecule has 1 aliphatic heterocycles. The van der Waals surface area contributed by atoms with E-state index >= 15 is 0 Å². The summed E-state index contributed by atoms with van der Waals surface area (Å²) in [5, 5.41) is 6.45. The van der Waals surface area contributed by atoms with Gasteiger partial charge in [0.15, 0.2) is 0 Å². The first kappa shape index (κ1) is 23.0. The third-order valence-corrected chi connectivity index (χ3v) is 6.84. The summed E-state index contributed by atoms with van der Waals surface area (Å²) in [5.74, 6) is 0.0382. The van der Waals surface area contributed by atoms with Gasteiger partial charge in [-0.3, -0.25) is 9.69 Å². The first-order valence-corrected chi connectivity index (χ1v) is 13.1. The number of nitrogens with one attached hydrogen (secondary N) is 2. The van der Waals surface area contributed by atoms with Crippen molar-refractivity contribution in [3.05, 3.63) is 89.0 Å². The van der Waals surface area contributed by atoms with Crippen molar-refractivity contribution in [3.8, 4) is 0 Å². The summed E-state index contributed by atoms with van der Waals surface area (Å²) in [7, 11) is -2.97. The zero-order valence-corrected chi connectivity index (χ0v) is 19.8. The molecule has 0 aliphatic carbocycles. The Morgan fingerprint density at radius 3 is 2.55 bits per heavy atom. The van der Waals surface area contributed by atoms with Crippen LogP contribution in [0.25, 0.3) is 0 Å². The molecule has 0 saturated heterocycles. The quantitative estimate of drug-likeness (QED) is 0.543. The van der Waals surface area contributed by atoms with Crippen LogP contribution in [-0.2, 0) is 22.8 Å². The van der Waals surface area contributed by atoms with E-state index in [0.717, 1.165) is 42.1 Å². The molecule has 0 saturated carbocycles. The van der Waals surface area contributed by atoms with Crippen molar-refractivity contribution >= 4 is 32.8 Å². The second-order valence-corrected chi connectivity index (χ2v) is 10.8. The Labute approximate surface area is 195 Å². The van der Waals surface area contributed by atoms with Crippen LogP contribution in [0.3, 0.4) is 0 Å². The molecule has 0 spiro atoms. The molecule has 33 heavy (non-hydrogen) atoms. The highest BCUT2D eigenvalue weighted by Crippen LogP contribution is 2.29. The molecule has 6 nitrogen and oxygen atoms in total. The van der Waals surface area contributed by atoms with E-state index in [1.807, 2.05) is 61.5 Å². The molecule has 1 aliphatic rings. The summed E-state index contributed by atoms with van der Waals surface area (Å²) in [6.07, 6.45) is 2.12. The van der Waals surface area contributed by atoms with Crippen LogP contribution in [0.4, 0.5) is 17.1 Å². The number of nitrogens with zero attached hydrogens (tertiary/aromatic N) is 1. The molecule has 0 aromatic heterocycles. The minimum Gasteiger partial charge on any atom is -0.355 e. The summed E-state index contributed by atoms with van der Waals surface area (Å²) >= 11 is 0. The van der Waals surface area contributed by atoms with Gasteiger partial charge in [0.2, 0.25) is 0 Å². The molecule has 0 atom stereocenters. The van der Waals surface area contributed by atoms with Crippen LogP contribution >= 0.6 is 0 Å². The van der Waals surface area contributed by atoms with E-state index in [0.29, 0.717) is 12.1 Å². The van der Waals surface area contributed by atoms with Gasteiger partial charge in [-0.05, 0) is 60.4 Å². The smallest absolute Gasteiger partial charge is 0.256 e. The zero-order valence-electron chi connectivity index (χ0n) is 19.0. The molecule has 1 amide bonds. The van der Waals surface area contributed by atoms with Gasteiger partial charge in [0.05, 0.1) is 5.75 Å².